The molecule has 1 unspecified atom stereocenters. The Kier molecular flexibility index (Phi) is 5.26. The minimum atomic E-state index is -0.0374. The number of hydrogen-bond donors (Lipinski definition) is 1. The van der Waals surface area contributed by atoms with Gasteiger partial charge in [0, 0.05) is 30.3 Å². The monoisotopic (exact) mass is 348 g/mol. The van der Waals surface area contributed by atoms with Gasteiger partial charge in [-0.2, -0.15) is 0 Å². The Morgan fingerprint density at radius 2 is 1.81 bits per heavy atom. The van der Waals surface area contributed by atoms with Gasteiger partial charge in [-0.15, -0.1) is 0 Å². The number of hydrogen-bond acceptors (Lipinski definition) is 3. The first-order valence-corrected chi connectivity index (χ1v) is 7.66. The van der Waals surface area contributed by atoms with E-state index in [0.717, 1.165) is 27.8 Å². The van der Waals surface area contributed by atoms with E-state index in [-0.39, 0.29) is 6.04 Å². The van der Waals surface area contributed by atoms with E-state index in [1.165, 1.54) is 5.69 Å². The lowest BCUT2D eigenvalue weighted by Crippen LogP contribution is -2.14. The van der Waals surface area contributed by atoms with Crippen molar-refractivity contribution in [1.82, 2.24) is 0 Å². The Morgan fingerprint density at radius 3 is 2.38 bits per heavy atom. The quantitative estimate of drug-likeness (QED) is 0.893. The molecule has 0 saturated carbocycles. The molecule has 3 nitrogen and oxygen atoms in total. The molecule has 2 N–H and O–H groups in total. The molecular formula is C17H21BrN2O. The van der Waals surface area contributed by atoms with Crippen LogP contribution in [0.5, 0.6) is 5.75 Å². The SMILES string of the molecule is COc1ccc(Br)c(CC(N)c2ccc(N(C)C)cc2)c1. The van der Waals surface area contributed by atoms with Crippen molar-refractivity contribution in [1.29, 1.82) is 0 Å². The van der Waals surface area contributed by atoms with Crippen LogP contribution in [0.1, 0.15) is 17.2 Å². The molecule has 21 heavy (non-hydrogen) atoms. The normalized spacial score (nSPS) is 12.0. The molecule has 0 saturated heterocycles. The zero-order valence-corrected chi connectivity index (χ0v) is 14.2. The Bertz CT molecular complexity index is 596. The van der Waals surface area contributed by atoms with E-state index in [1.54, 1.807) is 7.11 Å². The maximum Gasteiger partial charge on any atom is 0.119 e. The molecule has 0 radical (unpaired) electrons. The van der Waals surface area contributed by atoms with E-state index >= 15 is 0 Å². The van der Waals surface area contributed by atoms with Gasteiger partial charge in [-0.3, -0.25) is 0 Å². The van der Waals surface area contributed by atoms with Crippen molar-refractivity contribution < 1.29 is 4.74 Å². The third-order valence-corrected chi connectivity index (χ3v) is 4.30. The summed E-state index contributed by atoms with van der Waals surface area (Å²) in [5.74, 6) is 0.850. The number of methoxy groups -OCH3 is 1. The number of nitrogens with two attached hydrogens (primary N) is 1. The molecule has 0 heterocycles. The number of halogens is 1. The van der Waals surface area contributed by atoms with E-state index in [2.05, 4.69) is 45.1 Å². The molecule has 2 aromatic rings. The number of anilines is 1. The fourth-order valence-corrected chi connectivity index (χ4v) is 2.62. The third kappa shape index (κ3) is 3.99. The molecule has 0 fully saturated rings. The Hall–Kier alpha value is -1.52. The first-order valence-electron chi connectivity index (χ1n) is 6.86. The summed E-state index contributed by atoms with van der Waals surface area (Å²) in [6.45, 7) is 0. The zero-order valence-electron chi connectivity index (χ0n) is 12.6. The molecule has 0 bridgehead atoms. The molecule has 112 valence electrons. The second kappa shape index (κ2) is 6.96. The van der Waals surface area contributed by atoms with Crippen molar-refractivity contribution in [2.45, 2.75) is 12.5 Å². The zero-order chi connectivity index (χ0) is 15.4. The maximum absolute atomic E-state index is 6.34. The smallest absolute Gasteiger partial charge is 0.119 e. The highest BCUT2D eigenvalue weighted by atomic mass is 79.9. The van der Waals surface area contributed by atoms with Gasteiger partial charge in [-0.05, 0) is 47.9 Å². The second-order valence-electron chi connectivity index (χ2n) is 5.25. The van der Waals surface area contributed by atoms with Crippen LogP contribution < -0.4 is 15.4 Å². The largest absolute Gasteiger partial charge is 0.497 e. The summed E-state index contributed by atoms with van der Waals surface area (Å²) in [6.07, 6.45) is 0.763. The molecule has 2 aromatic carbocycles. The summed E-state index contributed by atoms with van der Waals surface area (Å²) in [5.41, 5.74) is 9.80. The summed E-state index contributed by atoms with van der Waals surface area (Å²) < 4.78 is 6.33. The lowest BCUT2D eigenvalue weighted by atomic mass is 9.99. The average Bonchev–Trinajstić information content (AvgIpc) is 2.49. The molecule has 0 aliphatic rings. The molecule has 0 amide bonds. The van der Waals surface area contributed by atoms with E-state index in [1.807, 2.05) is 32.3 Å². The van der Waals surface area contributed by atoms with Gasteiger partial charge < -0.3 is 15.4 Å². The van der Waals surface area contributed by atoms with Gasteiger partial charge in [0.15, 0.2) is 0 Å². The molecule has 2 rings (SSSR count). The molecule has 0 aliphatic heterocycles. The highest BCUT2D eigenvalue weighted by Gasteiger charge is 2.11. The average molecular weight is 349 g/mol. The predicted octanol–water partition coefficient (Wildman–Crippen LogP) is 3.77. The first-order chi connectivity index (χ1) is 10.0. The number of benzene rings is 2. The highest BCUT2D eigenvalue weighted by molar-refractivity contribution is 9.10. The van der Waals surface area contributed by atoms with Crippen LogP contribution in [0.2, 0.25) is 0 Å². The van der Waals surface area contributed by atoms with Crippen molar-refractivity contribution in [2.75, 3.05) is 26.1 Å². The fourth-order valence-electron chi connectivity index (χ4n) is 2.21. The van der Waals surface area contributed by atoms with Crippen molar-refractivity contribution in [3.63, 3.8) is 0 Å². The van der Waals surface area contributed by atoms with Gasteiger partial charge in [-0.1, -0.05) is 28.1 Å². The van der Waals surface area contributed by atoms with Crippen LogP contribution in [0.15, 0.2) is 46.9 Å². The van der Waals surface area contributed by atoms with E-state index in [9.17, 15) is 0 Å². The van der Waals surface area contributed by atoms with Crippen LogP contribution in [0.25, 0.3) is 0 Å². The lowest BCUT2D eigenvalue weighted by molar-refractivity contribution is 0.414. The van der Waals surface area contributed by atoms with Crippen LogP contribution in [-0.2, 0) is 6.42 Å². The summed E-state index contributed by atoms with van der Waals surface area (Å²) in [6, 6.07) is 14.3. The summed E-state index contributed by atoms with van der Waals surface area (Å²) in [5, 5.41) is 0. The number of nitrogens with zero attached hydrogens (tertiary/aromatic N) is 1. The topological polar surface area (TPSA) is 38.5 Å². The third-order valence-electron chi connectivity index (χ3n) is 3.53. The van der Waals surface area contributed by atoms with Gasteiger partial charge in [0.05, 0.1) is 7.11 Å². The number of ether oxygens (including phenoxy) is 1. The molecular weight excluding hydrogens is 328 g/mol. The van der Waals surface area contributed by atoms with Gasteiger partial charge in [0.25, 0.3) is 0 Å². The van der Waals surface area contributed by atoms with E-state index in [4.69, 9.17) is 10.5 Å². The molecule has 1 atom stereocenters. The van der Waals surface area contributed by atoms with Crippen LogP contribution in [-0.4, -0.2) is 21.2 Å². The van der Waals surface area contributed by atoms with Crippen LogP contribution in [0.3, 0.4) is 0 Å². The van der Waals surface area contributed by atoms with E-state index < -0.39 is 0 Å². The minimum absolute atomic E-state index is 0.0374. The molecule has 0 aliphatic carbocycles. The van der Waals surface area contributed by atoms with Gasteiger partial charge >= 0.3 is 0 Å². The van der Waals surface area contributed by atoms with Crippen molar-refractivity contribution >= 4 is 21.6 Å². The van der Waals surface area contributed by atoms with Crippen molar-refractivity contribution in [2.24, 2.45) is 5.73 Å². The van der Waals surface area contributed by atoms with Gasteiger partial charge in [0.2, 0.25) is 0 Å². The number of rotatable bonds is 5. The summed E-state index contributed by atoms with van der Waals surface area (Å²) in [7, 11) is 5.73. The summed E-state index contributed by atoms with van der Waals surface area (Å²) in [4.78, 5) is 2.08. The molecule has 4 heteroatoms. The predicted molar refractivity (Wildman–Crippen MR) is 92.1 cm³/mol. The Morgan fingerprint density at radius 1 is 1.14 bits per heavy atom. The van der Waals surface area contributed by atoms with Crippen molar-refractivity contribution in [3.8, 4) is 5.75 Å². The highest BCUT2D eigenvalue weighted by Crippen LogP contribution is 2.27. The lowest BCUT2D eigenvalue weighted by Gasteiger charge is -2.17. The maximum atomic E-state index is 6.34. The van der Waals surface area contributed by atoms with Crippen molar-refractivity contribution in [3.05, 3.63) is 58.1 Å². The van der Waals surface area contributed by atoms with Gasteiger partial charge in [0.1, 0.15) is 5.75 Å². The second-order valence-corrected chi connectivity index (χ2v) is 6.11. The Labute approximate surface area is 134 Å². The standard InChI is InChI=1S/C17H21BrN2O/c1-20(2)14-6-4-12(5-7-14)17(19)11-13-10-15(21-3)8-9-16(13)18/h4-10,17H,11,19H2,1-3H3. The fraction of sp³-hybridized carbons (Fsp3) is 0.294. The van der Waals surface area contributed by atoms with Crippen LogP contribution in [0, 0.1) is 0 Å². The molecule has 0 spiro atoms. The van der Waals surface area contributed by atoms with Gasteiger partial charge in [-0.25, -0.2) is 0 Å². The van der Waals surface area contributed by atoms with Crippen LogP contribution >= 0.6 is 15.9 Å². The van der Waals surface area contributed by atoms with Crippen LogP contribution in [0.4, 0.5) is 5.69 Å². The summed E-state index contributed by atoms with van der Waals surface area (Å²) >= 11 is 3.57. The van der Waals surface area contributed by atoms with E-state index in [0.29, 0.717) is 0 Å². The Balaban J connectivity index is 2.15. The first kappa shape index (κ1) is 15.9. The molecule has 0 aromatic heterocycles. The minimum Gasteiger partial charge on any atom is -0.497 e.